The highest BCUT2D eigenvalue weighted by atomic mass is 35.5. The number of fused-ring (bicyclic) bond motifs is 1. The molecule has 0 aromatic heterocycles. The van der Waals surface area contributed by atoms with E-state index in [-0.39, 0.29) is 6.04 Å². The summed E-state index contributed by atoms with van der Waals surface area (Å²) in [5.74, 6) is 0.587. The van der Waals surface area contributed by atoms with Gasteiger partial charge in [0.2, 0.25) is 0 Å². The number of anilines is 2. The van der Waals surface area contributed by atoms with Crippen molar-refractivity contribution in [3.8, 4) is 5.75 Å². The number of ether oxygens (including phenoxy) is 1. The summed E-state index contributed by atoms with van der Waals surface area (Å²) >= 11 is 11.9. The third-order valence-corrected chi connectivity index (χ3v) is 2.93. The predicted octanol–water partition coefficient (Wildman–Crippen LogP) is 2.77. The van der Waals surface area contributed by atoms with Crippen molar-refractivity contribution in [2.24, 2.45) is 0 Å². The smallest absolute Gasteiger partial charge is 0.162 e. The van der Waals surface area contributed by atoms with Crippen molar-refractivity contribution in [3.05, 3.63) is 16.1 Å². The van der Waals surface area contributed by atoms with Gasteiger partial charge in [-0.15, -0.1) is 0 Å². The Morgan fingerprint density at radius 3 is 2.93 bits per heavy atom. The Balaban J connectivity index is 2.54. The first kappa shape index (κ1) is 9.74. The van der Waals surface area contributed by atoms with E-state index in [1.54, 1.807) is 6.07 Å². The van der Waals surface area contributed by atoms with Crippen molar-refractivity contribution in [2.45, 2.75) is 13.0 Å². The maximum absolute atomic E-state index is 5.99. The maximum atomic E-state index is 5.99. The summed E-state index contributed by atoms with van der Waals surface area (Å²) < 4.78 is 5.47. The molecule has 1 aromatic rings. The molecule has 3 nitrogen and oxygen atoms in total. The Kier molecular flexibility index (Phi) is 2.37. The Bertz CT molecular complexity index is 382. The van der Waals surface area contributed by atoms with Gasteiger partial charge in [0.15, 0.2) is 5.75 Å². The van der Waals surface area contributed by atoms with Crippen LogP contribution in [0.25, 0.3) is 0 Å². The van der Waals surface area contributed by atoms with Gasteiger partial charge in [-0.05, 0) is 13.0 Å². The fourth-order valence-corrected chi connectivity index (χ4v) is 1.80. The highest BCUT2D eigenvalue weighted by molar-refractivity contribution is 6.45. The molecule has 0 spiro atoms. The quantitative estimate of drug-likeness (QED) is 0.677. The summed E-state index contributed by atoms with van der Waals surface area (Å²) in [4.78, 5) is 0. The first-order valence-electron chi connectivity index (χ1n) is 4.26. The highest BCUT2D eigenvalue weighted by Crippen LogP contribution is 2.43. The van der Waals surface area contributed by atoms with Crippen molar-refractivity contribution in [1.29, 1.82) is 0 Å². The molecule has 1 aliphatic heterocycles. The molecule has 0 aliphatic carbocycles. The van der Waals surface area contributed by atoms with Crippen LogP contribution in [0.2, 0.25) is 10.0 Å². The molecule has 5 heteroatoms. The summed E-state index contributed by atoms with van der Waals surface area (Å²) in [6, 6.07) is 1.98. The fourth-order valence-electron chi connectivity index (χ4n) is 1.39. The van der Waals surface area contributed by atoms with Crippen LogP contribution in [-0.4, -0.2) is 12.6 Å². The van der Waals surface area contributed by atoms with Crippen LogP contribution in [0.4, 0.5) is 11.4 Å². The molecule has 0 amide bonds. The van der Waals surface area contributed by atoms with Gasteiger partial charge in [0.05, 0.1) is 22.4 Å². The zero-order valence-electron chi connectivity index (χ0n) is 7.60. The van der Waals surface area contributed by atoms with E-state index in [4.69, 9.17) is 33.7 Å². The first-order valence-corrected chi connectivity index (χ1v) is 5.02. The van der Waals surface area contributed by atoms with Crippen LogP contribution in [-0.2, 0) is 0 Å². The lowest BCUT2D eigenvalue weighted by atomic mass is 10.2. The molecule has 0 saturated carbocycles. The normalized spacial score (nSPS) is 19.5. The number of halogens is 2. The fraction of sp³-hybridized carbons (Fsp3) is 0.333. The molecule has 3 N–H and O–H groups in total. The van der Waals surface area contributed by atoms with E-state index >= 15 is 0 Å². The zero-order valence-corrected chi connectivity index (χ0v) is 9.12. The Hall–Kier alpha value is -0.800. The summed E-state index contributed by atoms with van der Waals surface area (Å²) in [6.07, 6.45) is 0. The number of hydrogen-bond donors (Lipinski definition) is 2. The van der Waals surface area contributed by atoms with Crippen molar-refractivity contribution in [3.63, 3.8) is 0 Å². The average Bonchev–Trinajstić information content (AvgIpc) is 2.14. The maximum Gasteiger partial charge on any atom is 0.162 e. The van der Waals surface area contributed by atoms with Crippen molar-refractivity contribution < 1.29 is 4.74 Å². The van der Waals surface area contributed by atoms with Crippen LogP contribution in [0, 0.1) is 0 Å². The first-order chi connectivity index (χ1) is 6.59. The number of benzene rings is 1. The highest BCUT2D eigenvalue weighted by Gasteiger charge is 2.21. The number of hydrogen-bond acceptors (Lipinski definition) is 3. The monoisotopic (exact) mass is 232 g/mol. The standard InChI is InChI=1S/C9H10Cl2N2O/c1-4-3-14-9-6(13-4)2-5(12)7(10)8(9)11/h2,4,13H,3,12H2,1H3. The summed E-state index contributed by atoms with van der Waals surface area (Å²) in [7, 11) is 0. The minimum Gasteiger partial charge on any atom is -0.488 e. The molecular weight excluding hydrogens is 223 g/mol. The number of rotatable bonds is 0. The van der Waals surface area contributed by atoms with Gasteiger partial charge in [0.1, 0.15) is 11.6 Å². The van der Waals surface area contributed by atoms with E-state index in [9.17, 15) is 0 Å². The van der Waals surface area contributed by atoms with Crippen LogP contribution < -0.4 is 15.8 Å². The molecule has 0 fully saturated rings. The summed E-state index contributed by atoms with van der Waals surface area (Å²) in [6.45, 7) is 2.59. The van der Waals surface area contributed by atoms with Gasteiger partial charge in [-0.25, -0.2) is 0 Å². The van der Waals surface area contributed by atoms with Crippen molar-refractivity contribution in [1.82, 2.24) is 0 Å². The Morgan fingerprint density at radius 2 is 2.21 bits per heavy atom. The lowest BCUT2D eigenvalue weighted by Gasteiger charge is -2.26. The lowest BCUT2D eigenvalue weighted by molar-refractivity contribution is 0.292. The van der Waals surface area contributed by atoms with E-state index in [1.165, 1.54) is 0 Å². The van der Waals surface area contributed by atoms with Gasteiger partial charge < -0.3 is 15.8 Å². The van der Waals surface area contributed by atoms with Gasteiger partial charge in [-0.3, -0.25) is 0 Å². The van der Waals surface area contributed by atoms with Gasteiger partial charge in [-0.2, -0.15) is 0 Å². The molecule has 1 atom stereocenters. The lowest BCUT2D eigenvalue weighted by Crippen LogP contribution is -2.28. The van der Waals surface area contributed by atoms with Crippen LogP contribution >= 0.6 is 23.2 Å². The third kappa shape index (κ3) is 1.47. The third-order valence-electron chi connectivity index (χ3n) is 2.07. The van der Waals surface area contributed by atoms with E-state index in [0.29, 0.717) is 28.1 Å². The average molecular weight is 233 g/mol. The molecule has 76 valence electrons. The molecule has 0 saturated heterocycles. The van der Waals surface area contributed by atoms with Gasteiger partial charge in [0.25, 0.3) is 0 Å². The summed E-state index contributed by atoms with van der Waals surface area (Å²) in [5, 5.41) is 3.95. The van der Waals surface area contributed by atoms with E-state index in [2.05, 4.69) is 5.32 Å². The number of nitrogen functional groups attached to an aromatic ring is 1. The second kappa shape index (κ2) is 3.41. The Labute approximate surface area is 92.1 Å². The van der Waals surface area contributed by atoms with E-state index in [0.717, 1.165) is 5.69 Å². The second-order valence-electron chi connectivity index (χ2n) is 3.33. The van der Waals surface area contributed by atoms with Gasteiger partial charge in [-0.1, -0.05) is 23.2 Å². The molecule has 1 unspecified atom stereocenters. The van der Waals surface area contributed by atoms with Crippen LogP contribution in [0.1, 0.15) is 6.92 Å². The SMILES string of the molecule is CC1COc2c(cc(N)c(Cl)c2Cl)N1. The second-order valence-corrected chi connectivity index (χ2v) is 4.08. The Morgan fingerprint density at radius 1 is 1.50 bits per heavy atom. The molecule has 1 heterocycles. The van der Waals surface area contributed by atoms with Gasteiger partial charge >= 0.3 is 0 Å². The molecule has 14 heavy (non-hydrogen) atoms. The van der Waals surface area contributed by atoms with Crippen LogP contribution in [0.3, 0.4) is 0 Å². The zero-order chi connectivity index (χ0) is 10.3. The summed E-state index contributed by atoms with van der Waals surface area (Å²) in [5.41, 5.74) is 6.94. The number of nitrogens with one attached hydrogen (secondary N) is 1. The molecule has 0 radical (unpaired) electrons. The minimum absolute atomic E-state index is 0.249. The van der Waals surface area contributed by atoms with Gasteiger partial charge in [0, 0.05) is 0 Å². The van der Waals surface area contributed by atoms with Crippen LogP contribution in [0.5, 0.6) is 5.75 Å². The largest absolute Gasteiger partial charge is 0.488 e. The minimum atomic E-state index is 0.249. The van der Waals surface area contributed by atoms with E-state index < -0.39 is 0 Å². The van der Waals surface area contributed by atoms with E-state index in [1.807, 2.05) is 6.92 Å². The molecule has 0 bridgehead atoms. The topological polar surface area (TPSA) is 47.3 Å². The molecular formula is C9H10Cl2N2O. The van der Waals surface area contributed by atoms with Crippen LogP contribution in [0.15, 0.2) is 6.07 Å². The van der Waals surface area contributed by atoms with Crippen molar-refractivity contribution in [2.75, 3.05) is 17.7 Å². The van der Waals surface area contributed by atoms with Crippen molar-refractivity contribution >= 4 is 34.6 Å². The molecule has 2 rings (SSSR count). The predicted molar refractivity (Wildman–Crippen MR) is 59.5 cm³/mol. The molecule has 1 aromatic carbocycles. The molecule has 1 aliphatic rings. The number of nitrogens with two attached hydrogens (primary N) is 1.